The van der Waals surface area contributed by atoms with E-state index in [2.05, 4.69) is 10.6 Å². The van der Waals surface area contributed by atoms with Crippen LogP contribution in [-0.4, -0.2) is 11.8 Å². The second-order valence-electron chi connectivity index (χ2n) is 6.97. The number of nitrogens with one attached hydrogen (secondary N) is 2. The fraction of sp³-hybridized carbons (Fsp3) is 0.263. The van der Waals surface area contributed by atoms with Crippen LogP contribution >= 0.6 is 0 Å². The van der Waals surface area contributed by atoms with Crippen LogP contribution in [-0.2, 0) is 4.79 Å². The highest BCUT2D eigenvalue weighted by molar-refractivity contribution is 6.09. The summed E-state index contributed by atoms with van der Waals surface area (Å²) >= 11 is 0. The van der Waals surface area contributed by atoms with Crippen LogP contribution < -0.4 is 15.4 Å². The van der Waals surface area contributed by atoms with E-state index in [1.807, 2.05) is 45.9 Å². The van der Waals surface area contributed by atoms with Crippen molar-refractivity contribution >= 4 is 23.2 Å². The Morgan fingerprint density at radius 3 is 2.50 bits per heavy atom. The van der Waals surface area contributed by atoms with Crippen LogP contribution in [0.2, 0.25) is 0 Å². The molecule has 0 aliphatic carbocycles. The number of carbonyl (C=O) groups is 2. The summed E-state index contributed by atoms with van der Waals surface area (Å²) in [5.74, 6) is 0.681. The average Bonchev–Trinajstić information content (AvgIpc) is 2.62. The SMILES string of the molecule is Cc1ccc2c(c1)NC(=O)c1cc(NC(=O)C(C)(C)C)ccc1O2. The molecule has 0 saturated heterocycles. The highest BCUT2D eigenvalue weighted by Gasteiger charge is 2.24. The van der Waals surface area contributed by atoms with Crippen molar-refractivity contribution in [2.45, 2.75) is 27.7 Å². The Balaban J connectivity index is 1.94. The van der Waals surface area contributed by atoms with E-state index >= 15 is 0 Å². The Kier molecular flexibility index (Phi) is 3.79. The number of hydrogen-bond acceptors (Lipinski definition) is 3. The topological polar surface area (TPSA) is 67.4 Å². The van der Waals surface area contributed by atoms with Crippen molar-refractivity contribution in [3.8, 4) is 11.5 Å². The molecule has 1 aliphatic heterocycles. The van der Waals surface area contributed by atoms with Gasteiger partial charge in [0, 0.05) is 11.1 Å². The number of hydrogen-bond donors (Lipinski definition) is 2. The smallest absolute Gasteiger partial charge is 0.259 e. The Hall–Kier alpha value is -2.82. The molecule has 124 valence electrons. The second kappa shape index (κ2) is 5.67. The second-order valence-corrected chi connectivity index (χ2v) is 6.97. The van der Waals surface area contributed by atoms with Crippen LogP contribution in [0, 0.1) is 12.3 Å². The number of amides is 2. The molecule has 2 aromatic carbocycles. The summed E-state index contributed by atoms with van der Waals surface area (Å²) in [6.07, 6.45) is 0. The van der Waals surface area contributed by atoms with Gasteiger partial charge in [0.2, 0.25) is 5.91 Å². The van der Waals surface area contributed by atoms with Crippen molar-refractivity contribution < 1.29 is 14.3 Å². The first kappa shape index (κ1) is 16.1. The standard InChI is InChI=1S/C19H20N2O3/c1-11-5-7-16-14(9-11)21-17(22)13-10-12(6-8-15(13)24-16)20-18(23)19(2,3)4/h5-10H,1-4H3,(H,20,23)(H,21,22). The number of fused-ring (bicyclic) bond motifs is 2. The third kappa shape index (κ3) is 3.11. The van der Waals surface area contributed by atoms with Crippen molar-refractivity contribution in [3.63, 3.8) is 0 Å². The molecule has 0 bridgehead atoms. The van der Waals surface area contributed by atoms with Gasteiger partial charge in [0.1, 0.15) is 5.75 Å². The molecule has 0 saturated carbocycles. The summed E-state index contributed by atoms with van der Waals surface area (Å²) in [5, 5.41) is 5.68. The lowest BCUT2D eigenvalue weighted by Gasteiger charge is -2.18. The van der Waals surface area contributed by atoms with Gasteiger partial charge in [-0.3, -0.25) is 9.59 Å². The molecule has 0 atom stereocenters. The minimum atomic E-state index is -0.515. The van der Waals surface area contributed by atoms with E-state index in [1.165, 1.54) is 0 Å². The average molecular weight is 324 g/mol. The summed E-state index contributed by atoms with van der Waals surface area (Å²) in [6.45, 7) is 7.45. The van der Waals surface area contributed by atoms with E-state index in [-0.39, 0.29) is 11.8 Å². The molecule has 0 aromatic heterocycles. The summed E-state index contributed by atoms with van der Waals surface area (Å²) in [6, 6.07) is 10.7. The number of rotatable bonds is 1. The van der Waals surface area contributed by atoms with E-state index in [4.69, 9.17) is 4.74 Å². The lowest BCUT2D eigenvalue weighted by Crippen LogP contribution is -2.27. The van der Waals surface area contributed by atoms with Gasteiger partial charge in [0.05, 0.1) is 11.3 Å². The first-order chi connectivity index (χ1) is 11.2. The molecule has 5 nitrogen and oxygen atoms in total. The summed E-state index contributed by atoms with van der Waals surface area (Å²) in [5.41, 5.74) is 2.10. The van der Waals surface area contributed by atoms with Gasteiger partial charge in [-0.1, -0.05) is 26.8 Å². The van der Waals surface area contributed by atoms with Crippen LogP contribution in [0.4, 0.5) is 11.4 Å². The zero-order valence-electron chi connectivity index (χ0n) is 14.2. The van der Waals surface area contributed by atoms with Crippen LogP contribution in [0.15, 0.2) is 36.4 Å². The molecule has 0 fully saturated rings. The van der Waals surface area contributed by atoms with Gasteiger partial charge in [-0.2, -0.15) is 0 Å². The Labute approximate surface area is 141 Å². The predicted octanol–water partition coefficient (Wildman–Crippen LogP) is 4.34. The number of carbonyl (C=O) groups excluding carboxylic acids is 2. The predicted molar refractivity (Wildman–Crippen MR) is 93.7 cm³/mol. The maximum atomic E-state index is 12.5. The van der Waals surface area contributed by atoms with Gasteiger partial charge >= 0.3 is 0 Å². The van der Waals surface area contributed by atoms with Crippen molar-refractivity contribution in [2.75, 3.05) is 10.6 Å². The highest BCUT2D eigenvalue weighted by atomic mass is 16.5. The van der Waals surface area contributed by atoms with E-state index < -0.39 is 5.41 Å². The number of benzene rings is 2. The van der Waals surface area contributed by atoms with Crippen molar-refractivity contribution in [3.05, 3.63) is 47.5 Å². The normalized spacial score (nSPS) is 13.1. The highest BCUT2D eigenvalue weighted by Crippen LogP contribution is 2.37. The van der Waals surface area contributed by atoms with Gasteiger partial charge in [0.25, 0.3) is 5.91 Å². The summed E-state index contributed by atoms with van der Waals surface area (Å²) < 4.78 is 5.86. The molecule has 2 aromatic rings. The maximum absolute atomic E-state index is 12.5. The molecule has 2 N–H and O–H groups in total. The van der Waals surface area contributed by atoms with Gasteiger partial charge in [0.15, 0.2) is 5.75 Å². The monoisotopic (exact) mass is 324 g/mol. The maximum Gasteiger partial charge on any atom is 0.259 e. The fourth-order valence-electron chi connectivity index (χ4n) is 2.33. The largest absolute Gasteiger partial charge is 0.454 e. The van der Waals surface area contributed by atoms with Crippen molar-refractivity contribution in [1.82, 2.24) is 0 Å². The molecule has 0 unspecified atom stereocenters. The fourth-order valence-corrected chi connectivity index (χ4v) is 2.33. The minimum absolute atomic E-state index is 0.115. The lowest BCUT2D eigenvalue weighted by atomic mass is 9.95. The summed E-state index contributed by atoms with van der Waals surface area (Å²) in [7, 11) is 0. The van der Waals surface area contributed by atoms with Gasteiger partial charge in [-0.15, -0.1) is 0 Å². The van der Waals surface area contributed by atoms with Gasteiger partial charge in [-0.05, 0) is 42.8 Å². The van der Waals surface area contributed by atoms with Crippen LogP contribution in [0.5, 0.6) is 11.5 Å². The van der Waals surface area contributed by atoms with E-state index in [0.29, 0.717) is 28.4 Å². The molecule has 3 rings (SSSR count). The third-order valence-electron chi connectivity index (χ3n) is 3.77. The van der Waals surface area contributed by atoms with Crippen LogP contribution in [0.3, 0.4) is 0 Å². The van der Waals surface area contributed by atoms with E-state index in [9.17, 15) is 9.59 Å². The zero-order valence-corrected chi connectivity index (χ0v) is 14.2. The van der Waals surface area contributed by atoms with Gasteiger partial charge < -0.3 is 15.4 Å². The molecule has 0 radical (unpaired) electrons. The molecule has 5 heteroatoms. The molecule has 24 heavy (non-hydrogen) atoms. The first-order valence-corrected chi connectivity index (χ1v) is 7.79. The van der Waals surface area contributed by atoms with Gasteiger partial charge in [-0.25, -0.2) is 0 Å². The summed E-state index contributed by atoms with van der Waals surface area (Å²) in [4.78, 5) is 24.6. The van der Waals surface area contributed by atoms with Crippen LogP contribution in [0.25, 0.3) is 0 Å². The Morgan fingerprint density at radius 2 is 1.79 bits per heavy atom. The van der Waals surface area contributed by atoms with E-state index in [0.717, 1.165) is 5.56 Å². The molecule has 1 heterocycles. The zero-order chi connectivity index (χ0) is 17.5. The Morgan fingerprint density at radius 1 is 1.08 bits per heavy atom. The lowest BCUT2D eigenvalue weighted by molar-refractivity contribution is -0.123. The number of anilines is 2. The van der Waals surface area contributed by atoms with Crippen molar-refractivity contribution in [2.24, 2.45) is 5.41 Å². The quantitative estimate of drug-likeness (QED) is 0.820. The molecular formula is C19H20N2O3. The molecule has 0 spiro atoms. The molecular weight excluding hydrogens is 304 g/mol. The van der Waals surface area contributed by atoms with E-state index in [1.54, 1.807) is 18.2 Å². The minimum Gasteiger partial charge on any atom is -0.454 e. The Bertz CT molecular complexity index is 835. The van der Waals surface area contributed by atoms with Crippen molar-refractivity contribution in [1.29, 1.82) is 0 Å². The first-order valence-electron chi connectivity index (χ1n) is 7.79. The third-order valence-corrected chi connectivity index (χ3v) is 3.77. The molecule has 1 aliphatic rings. The number of ether oxygens (including phenoxy) is 1. The number of aryl methyl sites for hydroxylation is 1. The molecule has 2 amide bonds. The van der Waals surface area contributed by atoms with Crippen LogP contribution in [0.1, 0.15) is 36.7 Å².